The summed E-state index contributed by atoms with van der Waals surface area (Å²) in [6.45, 7) is 0. The van der Waals surface area contributed by atoms with Crippen molar-refractivity contribution in [1.82, 2.24) is 29.9 Å². The molecule has 0 spiro atoms. The van der Waals surface area contributed by atoms with E-state index in [2.05, 4.69) is 29.9 Å². The zero-order chi connectivity index (χ0) is 26.8. The summed E-state index contributed by atoms with van der Waals surface area (Å²) in [5, 5.41) is 16.6. The fraction of sp³-hybridized carbons (Fsp3) is 0. The Kier molecular flexibility index (Phi) is 12.6. The van der Waals surface area contributed by atoms with Gasteiger partial charge in [0.05, 0.1) is 12.4 Å². The van der Waals surface area contributed by atoms with Crippen molar-refractivity contribution in [1.29, 1.82) is 0 Å². The molecule has 0 aliphatic rings. The predicted molar refractivity (Wildman–Crippen MR) is 123 cm³/mol. The van der Waals surface area contributed by atoms with Crippen LogP contribution in [0.2, 0.25) is 0 Å². The molecule has 184 valence electrons. The number of carbonyl (C=O) groups excluding carboxylic acids is 2. The lowest BCUT2D eigenvalue weighted by Gasteiger charge is -1.88. The summed E-state index contributed by atoms with van der Waals surface area (Å²) >= 11 is 0. The van der Waals surface area contributed by atoms with Crippen LogP contribution in [-0.4, -0.2) is 63.9 Å². The van der Waals surface area contributed by atoms with Crippen LogP contribution in [0, 0.1) is 0 Å². The van der Waals surface area contributed by atoms with Gasteiger partial charge in [0.15, 0.2) is 11.4 Å². The van der Waals surface area contributed by atoms with Crippen molar-refractivity contribution < 1.29 is 29.4 Å². The Morgan fingerprint density at radius 1 is 0.528 bits per heavy atom. The zero-order valence-corrected chi connectivity index (χ0v) is 18.4. The predicted octanol–water partition coefficient (Wildman–Crippen LogP) is 0.711. The monoisotopic (exact) mass is 492 g/mol. The van der Waals surface area contributed by atoms with Crippen LogP contribution in [0.4, 0.5) is 0 Å². The van der Waals surface area contributed by atoms with Crippen LogP contribution in [-0.2, 0) is 0 Å². The van der Waals surface area contributed by atoms with Gasteiger partial charge in [-0.3, -0.25) is 29.5 Å². The fourth-order valence-corrected chi connectivity index (χ4v) is 1.85. The van der Waals surface area contributed by atoms with Crippen molar-refractivity contribution in [2.24, 2.45) is 11.5 Å². The number of aromatic nitrogens is 6. The second kappa shape index (κ2) is 16.0. The number of amides is 2. The number of carboxylic acid groups (broad SMARTS) is 2. The minimum absolute atomic E-state index is 0.0301. The van der Waals surface area contributed by atoms with E-state index in [0.29, 0.717) is 11.1 Å². The molecule has 0 atom stereocenters. The first-order chi connectivity index (χ1) is 17.2. The second-order valence-corrected chi connectivity index (χ2v) is 5.99. The van der Waals surface area contributed by atoms with Crippen LogP contribution in [0.3, 0.4) is 0 Å². The molecule has 0 saturated heterocycles. The van der Waals surface area contributed by atoms with Gasteiger partial charge in [-0.1, -0.05) is 0 Å². The van der Waals surface area contributed by atoms with Crippen LogP contribution in [0.1, 0.15) is 41.7 Å². The Morgan fingerprint density at radius 3 is 1.03 bits per heavy atom. The maximum Gasteiger partial charge on any atom is 0.356 e. The van der Waals surface area contributed by atoms with Gasteiger partial charge in [0, 0.05) is 60.7 Å². The van der Waals surface area contributed by atoms with Gasteiger partial charge in [0.1, 0.15) is 0 Å². The van der Waals surface area contributed by atoms with Gasteiger partial charge in [0.25, 0.3) is 0 Å². The highest BCUT2D eigenvalue weighted by Gasteiger charge is 2.01. The first-order valence-corrected chi connectivity index (χ1v) is 9.60. The Bertz CT molecular complexity index is 1030. The Hall–Kier alpha value is -5.66. The summed E-state index contributed by atoms with van der Waals surface area (Å²) in [5.74, 6) is -2.94. The number of nitrogens with two attached hydrogens (primary N) is 2. The maximum absolute atomic E-state index is 10.4. The zero-order valence-electron chi connectivity index (χ0n) is 18.4. The molecule has 0 aromatic carbocycles. The van der Waals surface area contributed by atoms with E-state index in [4.69, 9.17) is 21.7 Å². The van der Waals surface area contributed by atoms with Crippen LogP contribution in [0.5, 0.6) is 0 Å². The molecule has 14 heteroatoms. The number of nitrogens with zero attached hydrogens (tertiary/aromatic N) is 6. The summed E-state index contributed by atoms with van der Waals surface area (Å²) in [6.07, 6.45) is 14.0. The number of carboxylic acids is 2. The van der Waals surface area contributed by atoms with Gasteiger partial charge in [-0.15, -0.1) is 0 Å². The average Bonchev–Trinajstić information content (AvgIpc) is 2.92. The lowest BCUT2D eigenvalue weighted by atomic mass is 10.3. The Labute approximate surface area is 203 Å². The molecule has 4 aromatic rings. The molecule has 0 saturated carbocycles. The van der Waals surface area contributed by atoms with Gasteiger partial charge < -0.3 is 21.7 Å². The van der Waals surface area contributed by atoms with Gasteiger partial charge in [0.2, 0.25) is 11.8 Å². The minimum Gasteiger partial charge on any atom is -0.476 e. The highest BCUT2D eigenvalue weighted by Crippen LogP contribution is 1.93. The van der Waals surface area contributed by atoms with Crippen molar-refractivity contribution in [3.63, 3.8) is 0 Å². The minimum atomic E-state index is -1.05. The molecule has 14 nitrogen and oxygen atoms in total. The fourth-order valence-electron chi connectivity index (χ4n) is 1.85. The van der Waals surface area contributed by atoms with E-state index in [1.807, 2.05) is 0 Å². The quantitative estimate of drug-likeness (QED) is 0.308. The van der Waals surface area contributed by atoms with Gasteiger partial charge in [-0.2, -0.15) is 0 Å². The maximum atomic E-state index is 10.4. The van der Waals surface area contributed by atoms with E-state index < -0.39 is 23.8 Å². The normalized spacial score (nSPS) is 8.89. The van der Waals surface area contributed by atoms with Crippen molar-refractivity contribution in [3.05, 3.63) is 109 Å². The summed E-state index contributed by atoms with van der Waals surface area (Å²) in [5.41, 5.74) is 10.8. The van der Waals surface area contributed by atoms with Crippen molar-refractivity contribution in [2.45, 2.75) is 0 Å². The highest BCUT2D eigenvalue weighted by molar-refractivity contribution is 5.92. The van der Waals surface area contributed by atoms with E-state index in [0.717, 1.165) is 0 Å². The highest BCUT2D eigenvalue weighted by atomic mass is 16.4. The third-order valence-corrected chi connectivity index (χ3v) is 3.49. The molecule has 36 heavy (non-hydrogen) atoms. The number of aromatic carboxylic acids is 2. The molecule has 0 fully saturated rings. The lowest BCUT2D eigenvalue weighted by Crippen LogP contribution is -2.10. The lowest BCUT2D eigenvalue weighted by molar-refractivity contribution is 0.0679. The standard InChI is InChI=1S/2C6H6N2O.2C5H4N2O2/c2*7-6(9)5-1-3-8-4-2-5;2*8-5(9)4-3-6-1-2-7-4/h2*1-4H,(H2,7,9);2*1-3H,(H,8,9). The van der Waals surface area contributed by atoms with Crippen molar-refractivity contribution in [3.8, 4) is 0 Å². The molecule has 4 aromatic heterocycles. The van der Waals surface area contributed by atoms with Crippen LogP contribution in [0.25, 0.3) is 0 Å². The molecule has 4 heterocycles. The first kappa shape index (κ1) is 28.4. The van der Waals surface area contributed by atoms with Gasteiger partial charge in [-0.05, 0) is 24.3 Å². The Morgan fingerprint density at radius 2 is 0.861 bits per heavy atom. The van der Waals surface area contributed by atoms with Crippen LogP contribution < -0.4 is 11.5 Å². The summed E-state index contributed by atoms with van der Waals surface area (Å²) in [7, 11) is 0. The third kappa shape index (κ3) is 11.8. The molecule has 0 radical (unpaired) electrons. The SMILES string of the molecule is NC(=O)c1ccncc1.NC(=O)c1ccncc1.O=C(O)c1cnccn1.O=C(O)c1cnccn1. The van der Waals surface area contributed by atoms with Gasteiger partial charge in [-0.25, -0.2) is 19.6 Å². The molecule has 0 unspecified atom stereocenters. The third-order valence-electron chi connectivity index (χ3n) is 3.49. The van der Waals surface area contributed by atoms with Crippen LogP contribution >= 0.6 is 0 Å². The first-order valence-electron chi connectivity index (χ1n) is 9.60. The molecular weight excluding hydrogens is 472 g/mol. The molecule has 4 rings (SSSR count). The summed E-state index contributed by atoms with van der Waals surface area (Å²) < 4.78 is 0. The van der Waals surface area contributed by atoms with E-state index in [-0.39, 0.29) is 11.4 Å². The number of rotatable bonds is 4. The summed E-state index contributed by atoms with van der Waals surface area (Å²) in [4.78, 5) is 62.6. The number of hydrogen-bond donors (Lipinski definition) is 4. The van der Waals surface area contributed by atoms with E-state index >= 15 is 0 Å². The number of carbonyl (C=O) groups is 4. The van der Waals surface area contributed by atoms with E-state index in [9.17, 15) is 19.2 Å². The van der Waals surface area contributed by atoms with Crippen molar-refractivity contribution in [2.75, 3.05) is 0 Å². The van der Waals surface area contributed by atoms with E-state index in [1.165, 1.54) is 62.0 Å². The molecule has 2 amide bonds. The topological polar surface area (TPSA) is 238 Å². The molecule has 0 bridgehead atoms. The van der Waals surface area contributed by atoms with Crippen molar-refractivity contribution >= 4 is 23.8 Å². The molecular formula is C22H20N8O6. The number of pyridine rings is 2. The molecule has 6 N–H and O–H groups in total. The average molecular weight is 492 g/mol. The smallest absolute Gasteiger partial charge is 0.356 e. The summed E-state index contributed by atoms with van der Waals surface area (Å²) in [6, 6.07) is 6.29. The van der Waals surface area contributed by atoms with E-state index in [1.54, 1.807) is 24.3 Å². The molecule has 0 aliphatic carbocycles. The number of primary amides is 2. The second-order valence-electron chi connectivity index (χ2n) is 5.99. The molecule has 0 aliphatic heterocycles. The number of hydrogen-bond acceptors (Lipinski definition) is 10. The largest absolute Gasteiger partial charge is 0.476 e. The van der Waals surface area contributed by atoms with Crippen LogP contribution in [0.15, 0.2) is 86.2 Å². The Balaban J connectivity index is 0.000000240. The van der Waals surface area contributed by atoms with Gasteiger partial charge >= 0.3 is 11.9 Å².